The summed E-state index contributed by atoms with van der Waals surface area (Å²) in [4.78, 5) is 0. The molecule has 5 heteroatoms. The lowest BCUT2D eigenvalue weighted by molar-refractivity contribution is -0.0479. The summed E-state index contributed by atoms with van der Waals surface area (Å²) in [6, 6.07) is 0. The van der Waals surface area contributed by atoms with Crippen LogP contribution in [0.15, 0.2) is 0 Å². The molecule has 2 rings (SSSR count). The lowest BCUT2D eigenvalue weighted by Crippen LogP contribution is -2.48. The van der Waals surface area contributed by atoms with Gasteiger partial charge in [0.15, 0.2) is 6.29 Å². The first-order chi connectivity index (χ1) is 9.04. The van der Waals surface area contributed by atoms with Crippen LogP contribution in [0.3, 0.4) is 0 Å². The maximum absolute atomic E-state index is 5.51. The highest BCUT2D eigenvalue weighted by Gasteiger charge is 2.44. The molecular formula is C14H28O2S2Si. The fourth-order valence-corrected chi connectivity index (χ4v) is 10.6. The number of ether oxygens (including phenoxy) is 2. The summed E-state index contributed by atoms with van der Waals surface area (Å²) >= 11 is 4.52. The average Bonchev–Trinajstić information content (AvgIpc) is 2.88. The fraction of sp³-hybridized carbons (Fsp3) is 1.00. The molecule has 2 aliphatic rings. The molecule has 0 spiro atoms. The number of hydrogen-bond acceptors (Lipinski definition) is 4. The lowest BCUT2D eigenvalue weighted by atomic mass is 10.2. The first kappa shape index (κ1) is 16.2. The number of rotatable bonds is 6. The monoisotopic (exact) mass is 320 g/mol. The zero-order valence-electron chi connectivity index (χ0n) is 12.6. The van der Waals surface area contributed by atoms with Crippen LogP contribution in [-0.2, 0) is 9.47 Å². The first-order valence-electron chi connectivity index (χ1n) is 7.55. The van der Waals surface area contributed by atoms with Gasteiger partial charge in [0, 0.05) is 0 Å². The standard InChI is InChI=1S/C14H28O2S2Si/c1-19(2,3)14(17-11-6-12-18-14)8-5-4-7-13-15-9-10-16-13/h13H,4-12H2,1-3H3. The Hall–Kier alpha value is 0.837. The van der Waals surface area contributed by atoms with Crippen LogP contribution in [0.1, 0.15) is 32.1 Å². The minimum Gasteiger partial charge on any atom is -0.350 e. The van der Waals surface area contributed by atoms with Gasteiger partial charge in [-0.25, -0.2) is 0 Å². The van der Waals surface area contributed by atoms with Crippen LogP contribution in [0, 0.1) is 0 Å². The maximum atomic E-state index is 5.51. The van der Waals surface area contributed by atoms with E-state index in [9.17, 15) is 0 Å². The van der Waals surface area contributed by atoms with Gasteiger partial charge >= 0.3 is 0 Å². The Morgan fingerprint density at radius 3 is 2.26 bits per heavy atom. The summed E-state index contributed by atoms with van der Waals surface area (Å²) in [6.45, 7) is 9.20. The van der Waals surface area contributed by atoms with Crippen molar-refractivity contribution in [2.24, 2.45) is 0 Å². The van der Waals surface area contributed by atoms with Crippen LogP contribution in [0.25, 0.3) is 0 Å². The lowest BCUT2D eigenvalue weighted by Gasteiger charge is -2.45. The zero-order valence-corrected chi connectivity index (χ0v) is 15.2. The molecule has 0 atom stereocenters. The molecule has 2 nitrogen and oxygen atoms in total. The molecule has 0 radical (unpaired) electrons. The molecule has 0 bridgehead atoms. The van der Waals surface area contributed by atoms with Crippen molar-refractivity contribution in [3.05, 3.63) is 0 Å². The third-order valence-corrected chi connectivity index (χ3v) is 14.1. The van der Waals surface area contributed by atoms with Gasteiger partial charge in [0.2, 0.25) is 0 Å². The molecule has 2 aliphatic heterocycles. The van der Waals surface area contributed by atoms with Crippen LogP contribution in [0.5, 0.6) is 0 Å². The van der Waals surface area contributed by atoms with Crippen molar-refractivity contribution < 1.29 is 9.47 Å². The molecule has 2 saturated heterocycles. The van der Waals surface area contributed by atoms with Gasteiger partial charge in [-0.05, 0) is 37.2 Å². The fourth-order valence-electron chi connectivity index (χ4n) is 2.77. The van der Waals surface area contributed by atoms with E-state index in [0.29, 0.717) is 3.70 Å². The van der Waals surface area contributed by atoms with E-state index in [1.54, 1.807) is 0 Å². The highest BCUT2D eigenvalue weighted by Crippen LogP contribution is 2.51. The molecular weight excluding hydrogens is 292 g/mol. The second-order valence-corrected chi connectivity index (χ2v) is 15.6. The molecule has 0 aromatic heterocycles. The van der Waals surface area contributed by atoms with E-state index in [4.69, 9.17) is 9.47 Å². The SMILES string of the molecule is C[Si](C)(C)C1(CCCCC2OCCO2)SCCCS1. The Bertz CT molecular complexity index is 269. The smallest absolute Gasteiger partial charge is 0.157 e. The summed E-state index contributed by atoms with van der Waals surface area (Å²) in [6.07, 6.45) is 6.52. The van der Waals surface area contributed by atoms with Gasteiger partial charge < -0.3 is 9.47 Å². The molecule has 112 valence electrons. The van der Waals surface area contributed by atoms with Gasteiger partial charge in [-0.15, -0.1) is 23.5 Å². The van der Waals surface area contributed by atoms with Gasteiger partial charge in [-0.2, -0.15) is 0 Å². The predicted octanol–water partition coefficient (Wildman–Crippen LogP) is 4.36. The van der Waals surface area contributed by atoms with Gasteiger partial charge in [-0.3, -0.25) is 0 Å². The summed E-state index contributed by atoms with van der Waals surface area (Å²) in [5, 5.41) is 0. The Balaban J connectivity index is 1.76. The normalized spacial score (nSPS) is 24.8. The van der Waals surface area contributed by atoms with Crippen molar-refractivity contribution in [1.82, 2.24) is 0 Å². The van der Waals surface area contributed by atoms with Crippen LogP contribution in [-0.4, -0.2) is 42.8 Å². The van der Waals surface area contributed by atoms with Gasteiger partial charge in [0.1, 0.15) is 0 Å². The van der Waals surface area contributed by atoms with E-state index >= 15 is 0 Å². The molecule has 0 aliphatic carbocycles. The van der Waals surface area contributed by atoms with Crippen molar-refractivity contribution in [2.75, 3.05) is 24.7 Å². The summed E-state index contributed by atoms with van der Waals surface area (Å²) in [5.41, 5.74) is 0. The van der Waals surface area contributed by atoms with Crippen LogP contribution < -0.4 is 0 Å². The second kappa shape index (κ2) is 7.21. The van der Waals surface area contributed by atoms with E-state index in [0.717, 1.165) is 19.6 Å². The summed E-state index contributed by atoms with van der Waals surface area (Å²) < 4.78 is 11.6. The Morgan fingerprint density at radius 2 is 1.68 bits per heavy atom. The third kappa shape index (κ3) is 4.40. The van der Waals surface area contributed by atoms with E-state index in [1.165, 1.54) is 37.2 Å². The van der Waals surface area contributed by atoms with Crippen LogP contribution >= 0.6 is 23.5 Å². The van der Waals surface area contributed by atoms with Gasteiger partial charge in [0.05, 0.1) is 25.0 Å². The van der Waals surface area contributed by atoms with E-state index in [1.807, 2.05) is 0 Å². The van der Waals surface area contributed by atoms with Crippen molar-refractivity contribution >= 4 is 31.6 Å². The van der Waals surface area contributed by atoms with Crippen molar-refractivity contribution in [1.29, 1.82) is 0 Å². The zero-order chi connectivity index (χ0) is 13.8. The Labute approximate surface area is 127 Å². The van der Waals surface area contributed by atoms with E-state index in [2.05, 4.69) is 43.2 Å². The third-order valence-electron chi connectivity index (χ3n) is 3.99. The predicted molar refractivity (Wildman–Crippen MR) is 89.8 cm³/mol. The maximum Gasteiger partial charge on any atom is 0.157 e. The minimum absolute atomic E-state index is 0.0921. The van der Waals surface area contributed by atoms with Crippen molar-refractivity contribution in [3.8, 4) is 0 Å². The van der Waals surface area contributed by atoms with Crippen molar-refractivity contribution in [3.63, 3.8) is 0 Å². The Kier molecular flexibility index (Phi) is 6.15. The summed E-state index contributed by atoms with van der Waals surface area (Å²) in [5.74, 6) is 2.73. The number of thioether (sulfide) groups is 2. The van der Waals surface area contributed by atoms with E-state index < -0.39 is 8.07 Å². The van der Waals surface area contributed by atoms with Crippen LogP contribution in [0.4, 0.5) is 0 Å². The molecule has 0 unspecified atom stereocenters. The average molecular weight is 321 g/mol. The van der Waals surface area contributed by atoms with Crippen molar-refractivity contribution in [2.45, 2.75) is 61.7 Å². The number of hydrogen-bond donors (Lipinski definition) is 0. The molecule has 0 saturated carbocycles. The summed E-state index contributed by atoms with van der Waals surface area (Å²) in [7, 11) is -1.12. The first-order valence-corrected chi connectivity index (χ1v) is 13.0. The topological polar surface area (TPSA) is 18.5 Å². The molecule has 0 N–H and O–H groups in total. The quantitative estimate of drug-likeness (QED) is 0.534. The largest absolute Gasteiger partial charge is 0.350 e. The van der Waals surface area contributed by atoms with Crippen LogP contribution in [0.2, 0.25) is 19.6 Å². The molecule has 0 aromatic rings. The molecule has 2 fully saturated rings. The van der Waals surface area contributed by atoms with E-state index in [-0.39, 0.29) is 6.29 Å². The molecule has 0 aromatic carbocycles. The molecule has 19 heavy (non-hydrogen) atoms. The molecule has 0 amide bonds. The van der Waals surface area contributed by atoms with Gasteiger partial charge in [-0.1, -0.05) is 26.1 Å². The second-order valence-electron chi connectivity index (χ2n) is 6.47. The number of unbranched alkanes of at least 4 members (excludes halogenated alkanes) is 1. The minimum atomic E-state index is -1.12. The Morgan fingerprint density at radius 1 is 1.05 bits per heavy atom. The highest BCUT2D eigenvalue weighted by molar-refractivity contribution is 8.21. The highest BCUT2D eigenvalue weighted by atomic mass is 32.2. The van der Waals surface area contributed by atoms with Gasteiger partial charge in [0.25, 0.3) is 0 Å². The molecule has 2 heterocycles.